The lowest BCUT2D eigenvalue weighted by atomic mass is 10.3. The zero-order chi connectivity index (χ0) is 14.2. The number of hydrogen-bond donors (Lipinski definition) is 1. The van der Waals surface area contributed by atoms with E-state index in [1.807, 2.05) is 37.3 Å². The fourth-order valence-electron chi connectivity index (χ4n) is 1.84. The zero-order valence-electron chi connectivity index (χ0n) is 12.1. The van der Waals surface area contributed by atoms with E-state index < -0.39 is 0 Å². The monoisotopic (exact) mass is 274 g/mol. The Morgan fingerprint density at radius 1 is 1.30 bits per heavy atom. The van der Waals surface area contributed by atoms with Crippen molar-refractivity contribution in [2.75, 3.05) is 13.1 Å². The molecule has 5 heteroatoms. The maximum absolute atomic E-state index is 5.69. The van der Waals surface area contributed by atoms with Crippen molar-refractivity contribution in [2.24, 2.45) is 0 Å². The second kappa shape index (κ2) is 7.65. The molecule has 1 aromatic carbocycles. The number of rotatable bonds is 8. The predicted octanol–water partition coefficient (Wildman–Crippen LogP) is 2.42. The normalized spacial score (nSPS) is 12.3. The molecule has 2 rings (SSSR count). The van der Waals surface area contributed by atoms with E-state index in [0.717, 1.165) is 18.8 Å². The SMILES string of the molecule is CCCCNCC(C)Oc1ncn(-c2ccccc2)n1. The maximum atomic E-state index is 5.69. The summed E-state index contributed by atoms with van der Waals surface area (Å²) in [4.78, 5) is 4.18. The Morgan fingerprint density at radius 3 is 2.85 bits per heavy atom. The van der Waals surface area contributed by atoms with Gasteiger partial charge in [-0.2, -0.15) is 4.98 Å². The van der Waals surface area contributed by atoms with E-state index in [4.69, 9.17) is 4.74 Å². The molecule has 20 heavy (non-hydrogen) atoms. The van der Waals surface area contributed by atoms with Crippen molar-refractivity contribution in [3.05, 3.63) is 36.7 Å². The minimum Gasteiger partial charge on any atom is -0.458 e. The number of hydrogen-bond acceptors (Lipinski definition) is 4. The summed E-state index contributed by atoms with van der Waals surface area (Å²) in [5.74, 6) is 0. The van der Waals surface area contributed by atoms with E-state index in [1.54, 1.807) is 11.0 Å². The van der Waals surface area contributed by atoms with E-state index in [1.165, 1.54) is 12.8 Å². The van der Waals surface area contributed by atoms with Crippen LogP contribution in [0.5, 0.6) is 6.01 Å². The van der Waals surface area contributed by atoms with Gasteiger partial charge in [0.2, 0.25) is 0 Å². The molecule has 0 saturated heterocycles. The Bertz CT molecular complexity index is 498. The number of ether oxygens (including phenoxy) is 1. The molecule has 1 aromatic heterocycles. The number of aromatic nitrogens is 3. The average molecular weight is 274 g/mol. The number of nitrogens with zero attached hydrogens (tertiary/aromatic N) is 3. The van der Waals surface area contributed by atoms with Gasteiger partial charge in [-0.15, -0.1) is 5.10 Å². The van der Waals surface area contributed by atoms with E-state index in [2.05, 4.69) is 22.3 Å². The van der Waals surface area contributed by atoms with Crippen LogP contribution in [-0.4, -0.2) is 34.0 Å². The first-order valence-corrected chi connectivity index (χ1v) is 7.14. The molecule has 108 valence electrons. The molecule has 1 unspecified atom stereocenters. The van der Waals surface area contributed by atoms with Crippen molar-refractivity contribution in [2.45, 2.75) is 32.8 Å². The smallest absolute Gasteiger partial charge is 0.336 e. The van der Waals surface area contributed by atoms with E-state index >= 15 is 0 Å². The van der Waals surface area contributed by atoms with Gasteiger partial charge in [-0.25, -0.2) is 4.68 Å². The van der Waals surface area contributed by atoms with E-state index in [-0.39, 0.29) is 6.10 Å². The highest BCUT2D eigenvalue weighted by molar-refractivity contribution is 5.29. The fraction of sp³-hybridized carbons (Fsp3) is 0.467. The Morgan fingerprint density at radius 2 is 2.10 bits per heavy atom. The van der Waals surface area contributed by atoms with Gasteiger partial charge in [0.15, 0.2) is 0 Å². The second-order valence-corrected chi connectivity index (χ2v) is 4.79. The lowest BCUT2D eigenvalue weighted by Crippen LogP contribution is -2.29. The Balaban J connectivity index is 1.83. The van der Waals surface area contributed by atoms with Crippen LogP contribution in [0.2, 0.25) is 0 Å². The quantitative estimate of drug-likeness (QED) is 0.751. The third-order valence-electron chi connectivity index (χ3n) is 2.94. The summed E-state index contributed by atoms with van der Waals surface area (Å²) in [7, 11) is 0. The van der Waals surface area contributed by atoms with Crippen LogP contribution in [0.3, 0.4) is 0 Å². The van der Waals surface area contributed by atoms with E-state index in [9.17, 15) is 0 Å². The first-order valence-electron chi connectivity index (χ1n) is 7.14. The molecule has 5 nitrogen and oxygen atoms in total. The summed E-state index contributed by atoms with van der Waals surface area (Å²) in [5, 5.41) is 7.68. The number of benzene rings is 1. The third kappa shape index (κ3) is 4.35. The molecule has 1 heterocycles. The Kier molecular flexibility index (Phi) is 5.55. The maximum Gasteiger partial charge on any atom is 0.336 e. The topological polar surface area (TPSA) is 52.0 Å². The van der Waals surface area contributed by atoms with Crippen molar-refractivity contribution < 1.29 is 4.74 Å². The van der Waals surface area contributed by atoms with Crippen LogP contribution in [0.15, 0.2) is 36.7 Å². The second-order valence-electron chi connectivity index (χ2n) is 4.79. The van der Waals surface area contributed by atoms with Gasteiger partial charge in [0.05, 0.1) is 5.69 Å². The van der Waals surface area contributed by atoms with Gasteiger partial charge in [0.1, 0.15) is 12.4 Å². The van der Waals surface area contributed by atoms with Gasteiger partial charge in [-0.05, 0) is 32.0 Å². The van der Waals surface area contributed by atoms with Crippen molar-refractivity contribution >= 4 is 0 Å². The number of para-hydroxylation sites is 1. The Hall–Kier alpha value is -1.88. The molecular weight excluding hydrogens is 252 g/mol. The molecule has 0 bridgehead atoms. The summed E-state index contributed by atoms with van der Waals surface area (Å²) < 4.78 is 7.41. The summed E-state index contributed by atoms with van der Waals surface area (Å²) in [6, 6.07) is 10.3. The highest BCUT2D eigenvalue weighted by atomic mass is 16.5. The first kappa shape index (κ1) is 14.5. The van der Waals surface area contributed by atoms with Crippen LogP contribution in [0.4, 0.5) is 0 Å². The molecular formula is C15H22N4O. The summed E-state index contributed by atoms with van der Waals surface area (Å²) in [6.45, 7) is 6.03. The Labute approximate surface area is 120 Å². The lowest BCUT2D eigenvalue weighted by molar-refractivity contribution is 0.199. The molecule has 0 spiro atoms. The number of nitrogens with one attached hydrogen (secondary N) is 1. The van der Waals surface area contributed by atoms with Crippen LogP contribution in [0.1, 0.15) is 26.7 Å². The van der Waals surface area contributed by atoms with Crippen molar-refractivity contribution in [3.63, 3.8) is 0 Å². The molecule has 0 aliphatic carbocycles. The van der Waals surface area contributed by atoms with Gasteiger partial charge < -0.3 is 10.1 Å². The molecule has 2 aromatic rings. The highest BCUT2D eigenvalue weighted by Crippen LogP contribution is 2.09. The van der Waals surface area contributed by atoms with Gasteiger partial charge in [0.25, 0.3) is 0 Å². The van der Waals surface area contributed by atoms with Crippen molar-refractivity contribution in [3.8, 4) is 11.7 Å². The van der Waals surface area contributed by atoms with Gasteiger partial charge in [0, 0.05) is 6.54 Å². The first-order chi connectivity index (χ1) is 9.79. The zero-order valence-corrected chi connectivity index (χ0v) is 12.1. The molecule has 0 aliphatic heterocycles. The molecule has 0 aliphatic rings. The molecule has 0 fully saturated rings. The molecule has 0 radical (unpaired) electrons. The third-order valence-corrected chi connectivity index (χ3v) is 2.94. The summed E-state index contributed by atoms with van der Waals surface area (Å²) in [5.41, 5.74) is 0.976. The van der Waals surface area contributed by atoms with Gasteiger partial charge >= 0.3 is 6.01 Å². The van der Waals surface area contributed by atoms with Gasteiger partial charge in [-0.1, -0.05) is 31.5 Å². The van der Waals surface area contributed by atoms with Crippen LogP contribution >= 0.6 is 0 Å². The summed E-state index contributed by atoms with van der Waals surface area (Å²) in [6.07, 6.45) is 4.11. The van der Waals surface area contributed by atoms with E-state index in [0.29, 0.717) is 6.01 Å². The number of unbranched alkanes of at least 4 members (excludes halogenated alkanes) is 1. The molecule has 0 amide bonds. The standard InChI is InChI=1S/C15H22N4O/c1-3-4-10-16-11-13(2)20-15-17-12-19(18-15)14-8-6-5-7-9-14/h5-9,12-13,16H,3-4,10-11H2,1-2H3. The van der Waals surface area contributed by atoms with Crippen molar-refractivity contribution in [1.82, 2.24) is 20.1 Å². The van der Waals surface area contributed by atoms with Crippen LogP contribution in [0, 0.1) is 0 Å². The van der Waals surface area contributed by atoms with Crippen LogP contribution in [-0.2, 0) is 0 Å². The van der Waals surface area contributed by atoms with Crippen LogP contribution < -0.4 is 10.1 Å². The predicted molar refractivity (Wildman–Crippen MR) is 79.2 cm³/mol. The van der Waals surface area contributed by atoms with Crippen LogP contribution in [0.25, 0.3) is 5.69 Å². The minimum atomic E-state index is 0.0541. The molecule has 1 N–H and O–H groups in total. The largest absolute Gasteiger partial charge is 0.458 e. The fourth-order valence-corrected chi connectivity index (χ4v) is 1.84. The molecule has 0 saturated carbocycles. The highest BCUT2D eigenvalue weighted by Gasteiger charge is 2.08. The summed E-state index contributed by atoms with van der Waals surface area (Å²) >= 11 is 0. The minimum absolute atomic E-state index is 0.0541. The molecule has 1 atom stereocenters. The average Bonchev–Trinajstić information content (AvgIpc) is 2.93. The lowest BCUT2D eigenvalue weighted by Gasteiger charge is -2.12. The van der Waals surface area contributed by atoms with Gasteiger partial charge in [-0.3, -0.25) is 0 Å². The van der Waals surface area contributed by atoms with Crippen molar-refractivity contribution in [1.29, 1.82) is 0 Å².